The number of amides is 1. The summed E-state index contributed by atoms with van der Waals surface area (Å²) in [5.41, 5.74) is 0.828. The molecule has 2 fully saturated rings. The molecular formula is C18H24N4O. The van der Waals surface area contributed by atoms with Crippen LogP contribution >= 0.6 is 0 Å². The molecule has 1 aromatic rings. The van der Waals surface area contributed by atoms with Gasteiger partial charge in [-0.3, -0.25) is 4.79 Å². The number of rotatable bonds is 3. The Kier molecular flexibility index (Phi) is 4.25. The number of aromatic nitrogens is 1. The Balaban J connectivity index is 1.51. The number of nitrogens with zero attached hydrogens (tertiary/aromatic N) is 3. The number of hydrogen-bond donors (Lipinski definition) is 1. The molecule has 0 bridgehead atoms. The van der Waals surface area contributed by atoms with E-state index in [1.807, 2.05) is 6.07 Å². The van der Waals surface area contributed by atoms with E-state index in [4.69, 9.17) is 5.26 Å². The number of anilines is 1. The molecule has 3 rings (SSSR count). The van der Waals surface area contributed by atoms with Crippen LogP contribution in [0.5, 0.6) is 0 Å². The van der Waals surface area contributed by atoms with E-state index in [2.05, 4.69) is 35.1 Å². The zero-order chi connectivity index (χ0) is 16.4. The van der Waals surface area contributed by atoms with Gasteiger partial charge in [0.15, 0.2) is 0 Å². The summed E-state index contributed by atoms with van der Waals surface area (Å²) in [6, 6.07) is 6.10. The number of carbonyl (C=O) groups excluding carboxylic acids is 1. The highest BCUT2D eigenvalue weighted by molar-refractivity contribution is 5.79. The third-order valence-corrected chi connectivity index (χ3v) is 5.40. The summed E-state index contributed by atoms with van der Waals surface area (Å²) in [5.74, 6) is 1.22. The van der Waals surface area contributed by atoms with Crippen LogP contribution in [0.25, 0.3) is 0 Å². The lowest BCUT2D eigenvalue weighted by Crippen LogP contribution is -2.54. The number of nitrogens with one attached hydrogen (secondary N) is 1. The van der Waals surface area contributed by atoms with E-state index in [9.17, 15) is 4.79 Å². The molecule has 1 atom stereocenters. The monoisotopic (exact) mass is 312 g/mol. The van der Waals surface area contributed by atoms with E-state index in [1.165, 1.54) is 6.42 Å². The van der Waals surface area contributed by atoms with Crippen LogP contribution in [0.4, 0.5) is 5.82 Å². The van der Waals surface area contributed by atoms with Gasteiger partial charge in [-0.05, 0) is 43.2 Å². The third-order valence-electron chi connectivity index (χ3n) is 5.40. The minimum Gasteiger partial charge on any atom is -0.357 e. The molecular weight excluding hydrogens is 288 g/mol. The van der Waals surface area contributed by atoms with Crippen molar-refractivity contribution in [2.75, 3.05) is 18.0 Å². The molecule has 5 nitrogen and oxygen atoms in total. The van der Waals surface area contributed by atoms with Crippen molar-refractivity contribution in [2.45, 2.75) is 45.6 Å². The van der Waals surface area contributed by atoms with Gasteiger partial charge in [-0.1, -0.05) is 13.8 Å². The SMILES string of the molecule is CC1(C)CCC1NC(=O)C1CCN(c2ccc(C#N)cn2)CC1. The first-order chi connectivity index (χ1) is 11.0. The molecule has 1 aliphatic heterocycles. The van der Waals surface area contributed by atoms with Crippen LogP contribution in [-0.2, 0) is 4.79 Å². The third kappa shape index (κ3) is 3.31. The number of hydrogen-bond acceptors (Lipinski definition) is 4. The maximum atomic E-state index is 12.4. The summed E-state index contributed by atoms with van der Waals surface area (Å²) in [5, 5.41) is 12.1. The molecule has 0 spiro atoms. The highest BCUT2D eigenvalue weighted by Crippen LogP contribution is 2.40. The van der Waals surface area contributed by atoms with E-state index >= 15 is 0 Å². The first kappa shape index (κ1) is 15.8. The van der Waals surface area contributed by atoms with Crippen molar-refractivity contribution in [3.05, 3.63) is 23.9 Å². The lowest BCUT2D eigenvalue weighted by atomic mass is 9.67. The van der Waals surface area contributed by atoms with Gasteiger partial charge in [0.05, 0.1) is 5.56 Å². The average molecular weight is 312 g/mol. The summed E-state index contributed by atoms with van der Waals surface area (Å²) in [6.45, 7) is 6.12. The molecule has 0 radical (unpaired) electrons. The topological polar surface area (TPSA) is 69.0 Å². The van der Waals surface area contributed by atoms with Crippen molar-refractivity contribution in [2.24, 2.45) is 11.3 Å². The number of piperidine rings is 1. The Morgan fingerprint density at radius 2 is 2.09 bits per heavy atom. The minimum absolute atomic E-state index is 0.112. The van der Waals surface area contributed by atoms with Gasteiger partial charge in [0, 0.05) is 31.2 Å². The Hall–Kier alpha value is -2.09. The largest absolute Gasteiger partial charge is 0.357 e. The molecule has 1 unspecified atom stereocenters. The average Bonchev–Trinajstić information content (AvgIpc) is 2.59. The molecule has 2 aliphatic rings. The smallest absolute Gasteiger partial charge is 0.223 e. The predicted molar refractivity (Wildman–Crippen MR) is 88.8 cm³/mol. The first-order valence-electron chi connectivity index (χ1n) is 8.41. The fraction of sp³-hybridized carbons (Fsp3) is 0.611. The van der Waals surface area contributed by atoms with Gasteiger partial charge in [-0.15, -0.1) is 0 Å². The molecule has 23 heavy (non-hydrogen) atoms. The van der Waals surface area contributed by atoms with Gasteiger partial charge in [-0.25, -0.2) is 4.98 Å². The van der Waals surface area contributed by atoms with Crippen molar-refractivity contribution >= 4 is 11.7 Å². The van der Waals surface area contributed by atoms with Crippen LogP contribution in [0.1, 0.15) is 45.1 Å². The van der Waals surface area contributed by atoms with Gasteiger partial charge in [0.1, 0.15) is 11.9 Å². The molecule has 1 aliphatic carbocycles. The van der Waals surface area contributed by atoms with Gasteiger partial charge in [0.2, 0.25) is 5.91 Å². The van der Waals surface area contributed by atoms with Crippen LogP contribution in [-0.4, -0.2) is 30.0 Å². The lowest BCUT2D eigenvalue weighted by Gasteiger charge is -2.45. The van der Waals surface area contributed by atoms with Crippen molar-refractivity contribution in [1.29, 1.82) is 5.26 Å². The number of carbonyl (C=O) groups is 1. The van der Waals surface area contributed by atoms with Crippen LogP contribution in [0.15, 0.2) is 18.3 Å². The van der Waals surface area contributed by atoms with Crippen LogP contribution in [0.3, 0.4) is 0 Å². The molecule has 0 aromatic carbocycles. The van der Waals surface area contributed by atoms with Gasteiger partial charge < -0.3 is 10.2 Å². The second-order valence-electron chi connectivity index (χ2n) is 7.37. The quantitative estimate of drug-likeness (QED) is 0.931. The van der Waals surface area contributed by atoms with Gasteiger partial charge in [0.25, 0.3) is 0 Å². The zero-order valence-electron chi connectivity index (χ0n) is 13.9. The highest BCUT2D eigenvalue weighted by atomic mass is 16.2. The maximum absolute atomic E-state index is 12.4. The van der Waals surface area contributed by atoms with Crippen molar-refractivity contribution in [3.8, 4) is 6.07 Å². The summed E-state index contributed by atoms with van der Waals surface area (Å²) in [6.07, 6.45) is 5.63. The number of nitriles is 1. The molecule has 1 saturated carbocycles. The fourth-order valence-corrected chi connectivity index (χ4v) is 3.43. The standard InChI is InChI=1S/C18H24N4O/c1-18(2)8-5-15(18)21-17(23)14-6-9-22(10-7-14)16-4-3-13(11-19)12-20-16/h3-4,12,14-15H,5-10H2,1-2H3,(H,21,23). The van der Waals surface area contributed by atoms with Crippen LogP contribution in [0.2, 0.25) is 0 Å². The first-order valence-corrected chi connectivity index (χ1v) is 8.41. The fourth-order valence-electron chi connectivity index (χ4n) is 3.43. The molecule has 2 heterocycles. The van der Waals surface area contributed by atoms with Gasteiger partial charge >= 0.3 is 0 Å². The summed E-state index contributed by atoms with van der Waals surface area (Å²) in [4.78, 5) is 19.0. The molecule has 1 amide bonds. The van der Waals surface area contributed by atoms with E-state index in [1.54, 1.807) is 12.3 Å². The Morgan fingerprint density at radius 1 is 1.35 bits per heavy atom. The van der Waals surface area contributed by atoms with E-state index in [-0.39, 0.29) is 17.2 Å². The number of pyridine rings is 1. The maximum Gasteiger partial charge on any atom is 0.223 e. The van der Waals surface area contributed by atoms with Crippen LogP contribution in [0, 0.1) is 22.7 Å². The molecule has 1 N–H and O–H groups in total. The van der Waals surface area contributed by atoms with Crippen molar-refractivity contribution in [3.63, 3.8) is 0 Å². The highest BCUT2D eigenvalue weighted by Gasteiger charge is 2.40. The minimum atomic E-state index is 0.112. The Bertz CT molecular complexity index is 609. The second kappa shape index (κ2) is 6.19. The lowest BCUT2D eigenvalue weighted by molar-refractivity contribution is -0.128. The Morgan fingerprint density at radius 3 is 2.57 bits per heavy atom. The molecule has 1 aromatic heterocycles. The van der Waals surface area contributed by atoms with Crippen LogP contribution < -0.4 is 10.2 Å². The molecule has 1 saturated heterocycles. The normalized spacial score (nSPS) is 23.7. The Labute approximate surface area is 137 Å². The van der Waals surface area contributed by atoms with Crippen molar-refractivity contribution < 1.29 is 4.79 Å². The second-order valence-corrected chi connectivity index (χ2v) is 7.37. The summed E-state index contributed by atoms with van der Waals surface area (Å²) >= 11 is 0. The van der Waals surface area contributed by atoms with Crippen molar-refractivity contribution in [1.82, 2.24) is 10.3 Å². The zero-order valence-corrected chi connectivity index (χ0v) is 13.9. The summed E-state index contributed by atoms with van der Waals surface area (Å²) in [7, 11) is 0. The van der Waals surface area contributed by atoms with E-state index < -0.39 is 0 Å². The molecule has 5 heteroatoms. The predicted octanol–water partition coefficient (Wildman–Crippen LogP) is 2.47. The van der Waals surface area contributed by atoms with E-state index in [0.717, 1.165) is 38.2 Å². The summed E-state index contributed by atoms with van der Waals surface area (Å²) < 4.78 is 0. The molecule has 122 valence electrons. The van der Waals surface area contributed by atoms with Gasteiger partial charge in [-0.2, -0.15) is 5.26 Å². The van der Waals surface area contributed by atoms with E-state index in [0.29, 0.717) is 11.6 Å².